The van der Waals surface area contributed by atoms with Gasteiger partial charge in [0.25, 0.3) is 5.69 Å². The van der Waals surface area contributed by atoms with Crippen LogP contribution in [0.1, 0.15) is 5.01 Å². The molecule has 2 rings (SSSR count). The van der Waals surface area contributed by atoms with E-state index in [2.05, 4.69) is 9.71 Å². The van der Waals surface area contributed by atoms with E-state index < -0.39 is 14.9 Å². The minimum Gasteiger partial charge on any atom is -0.393 e. The standard InChI is InChI=1S/C10H10N4O4S2/c11-8-5-7(1-2-9(8)14(15)16)20(17,18)13-6-10-12-3-4-19-10/h1-5,13H,6,11H2. The van der Waals surface area contributed by atoms with Gasteiger partial charge in [-0.3, -0.25) is 10.1 Å². The Bertz CT molecular complexity index is 728. The maximum Gasteiger partial charge on any atom is 0.292 e. The van der Waals surface area contributed by atoms with Gasteiger partial charge in [0.2, 0.25) is 10.0 Å². The SMILES string of the molecule is Nc1cc(S(=O)(=O)NCc2nccs2)ccc1[N+](=O)[O-]. The molecule has 0 bridgehead atoms. The zero-order chi connectivity index (χ0) is 14.8. The first-order valence-corrected chi connectivity index (χ1v) is 7.68. The zero-order valence-corrected chi connectivity index (χ0v) is 11.6. The molecule has 20 heavy (non-hydrogen) atoms. The Hall–Kier alpha value is -2.04. The Morgan fingerprint density at radius 2 is 2.20 bits per heavy atom. The highest BCUT2D eigenvalue weighted by Gasteiger charge is 2.19. The molecule has 0 unspecified atom stereocenters. The van der Waals surface area contributed by atoms with E-state index in [1.165, 1.54) is 11.3 Å². The number of anilines is 1. The van der Waals surface area contributed by atoms with Gasteiger partial charge in [-0.25, -0.2) is 18.1 Å². The number of nitro groups is 1. The van der Waals surface area contributed by atoms with Crippen molar-refractivity contribution >= 4 is 32.7 Å². The van der Waals surface area contributed by atoms with Crippen molar-refractivity contribution < 1.29 is 13.3 Å². The molecule has 1 heterocycles. The van der Waals surface area contributed by atoms with Crippen molar-refractivity contribution in [2.45, 2.75) is 11.4 Å². The Balaban J connectivity index is 2.21. The lowest BCUT2D eigenvalue weighted by Gasteiger charge is -2.06. The number of nitrogens with zero attached hydrogens (tertiary/aromatic N) is 2. The van der Waals surface area contributed by atoms with Gasteiger partial charge in [-0.1, -0.05) is 0 Å². The van der Waals surface area contributed by atoms with Crippen LogP contribution in [-0.2, 0) is 16.6 Å². The van der Waals surface area contributed by atoms with E-state index in [0.29, 0.717) is 5.01 Å². The van der Waals surface area contributed by atoms with Gasteiger partial charge in [-0.2, -0.15) is 0 Å². The second-order valence-corrected chi connectivity index (χ2v) is 6.47. The largest absolute Gasteiger partial charge is 0.393 e. The Morgan fingerprint density at radius 3 is 2.75 bits per heavy atom. The summed E-state index contributed by atoms with van der Waals surface area (Å²) in [4.78, 5) is 13.8. The van der Waals surface area contributed by atoms with Crippen LogP contribution in [0.25, 0.3) is 0 Å². The van der Waals surface area contributed by atoms with Crippen LogP contribution in [0, 0.1) is 10.1 Å². The predicted molar refractivity (Wildman–Crippen MR) is 73.6 cm³/mol. The molecule has 8 nitrogen and oxygen atoms in total. The summed E-state index contributed by atoms with van der Waals surface area (Å²) in [5.74, 6) is 0. The Labute approximate surface area is 118 Å². The van der Waals surface area contributed by atoms with Crippen LogP contribution in [0.5, 0.6) is 0 Å². The third-order valence-corrected chi connectivity index (χ3v) is 4.58. The highest BCUT2D eigenvalue weighted by Crippen LogP contribution is 2.24. The molecule has 10 heteroatoms. The molecule has 0 amide bonds. The van der Waals surface area contributed by atoms with Crippen LogP contribution in [0.2, 0.25) is 0 Å². The smallest absolute Gasteiger partial charge is 0.292 e. The first-order valence-electron chi connectivity index (χ1n) is 5.32. The first-order chi connectivity index (χ1) is 9.40. The number of nitro benzene ring substituents is 1. The Kier molecular flexibility index (Phi) is 3.97. The average molecular weight is 314 g/mol. The van der Waals surface area contributed by atoms with E-state index in [4.69, 9.17) is 5.73 Å². The maximum atomic E-state index is 12.0. The fourth-order valence-electron chi connectivity index (χ4n) is 1.45. The van der Waals surface area contributed by atoms with Gasteiger partial charge in [-0.05, 0) is 12.1 Å². The van der Waals surface area contributed by atoms with Crippen LogP contribution < -0.4 is 10.5 Å². The van der Waals surface area contributed by atoms with E-state index >= 15 is 0 Å². The number of sulfonamides is 1. The average Bonchev–Trinajstić information content (AvgIpc) is 2.89. The molecule has 1 aromatic carbocycles. The lowest BCUT2D eigenvalue weighted by Crippen LogP contribution is -2.23. The number of hydrogen-bond acceptors (Lipinski definition) is 7. The quantitative estimate of drug-likeness (QED) is 0.483. The van der Waals surface area contributed by atoms with Crippen molar-refractivity contribution in [2.75, 3.05) is 5.73 Å². The van der Waals surface area contributed by atoms with Crippen LogP contribution in [0.15, 0.2) is 34.7 Å². The number of benzene rings is 1. The molecule has 106 valence electrons. The molecule has 0 aliphatic carbocycles. The molecular weight excluding hydrogens is 304 g/mol. The molecule has 0 saturated carbocycles. The molecule has 0 aliphatic rings. The third kappa shape index (κ3) is 3.10. The van der Waals surface area contributed by atoms with Crippen molar-refractivity contribution in [3.63, 3.8) is 0 Å². The summed E-state index contributed by atoms with van der Waals surface area (Å²) in [7, 11) is -3.79. The minimum atomic E-state index is -3.79. The molecule has 3 N–H and O–H groups in total. The monoisotopic (exact) mass is 314 g/mol. The van der Waals surface area contributed by atoms with Crippen LogP contribution in [0.3, 0.4) is 0 Å². The molecule has 0 fully saturated rings. The van der Waals surface area contributed by atoms with Gasteiger partial charge < -0.3 is 5.73 Å². The summed E-state index contributed by atoms with van der Waals surface area (Å²) in [5.41, 5.74) is 4.93. The first kappa shape index (κ1) is 14.4. The van der Waals surface area contributed by atoms with Crippen molar-refractivity contribution in [1.29, 1.82) is 0 Å². The van der Waals surface area contributed by atoms with Crippen LogP contribution in [0.4, 0.5) is 11.4 Å². The van der Waals surface area contributed by atoms with E-state index in [1.807, 2.05) is 0 Å². The van der Waals surface area contributed by atoms with Gasteiger partial charge in [0.1, 0.15) is 10.7 Å². The van der Waals surface area contributed by atoms with Gasteiger partial charge in [0.15, 0.2) is 0 Å². The second-order valence-electron chi connectivity index (χ2n) is 3.73. The number of nitrogens with one attached hydrogen (secondary N) is 1. The number of thiazole rings is 1. The lowest BCUT2D eigenvalue weighted by atomic mass is 10.3. The summed E-state index contributed by atoms with van der Waals surface area (Å²) < 4.78 is 26.4. The molecule has 0 radical (unpaired) electrons. The second kappa shape index (κ2) is 5.53. The zero-order valence-electron chi connectivity index (χ0n) is 10.0. The van der Waals surface area contributed by atoms with Crippen molar-refractivity contribution in [3.8, 4) is 0 Å². The van der Waals surface area contributed by atoms with Crippen LogP contribution >= 0.6 is 11.3 Å². The predicted octanol–water partition coefficient (Wildman–Crippen LogP) is 1.11. The normalized spacial score (nSPS) is 11.4. The van der Waals surface area contributed by atoms with Gasteiger partial charge in [0.05, 0.1) is 16.4 Å². The van der Waals surface area contributed by atoms with E-state index in [9.17, 15) is 18.5 Å². The van der Waals surface area contributed by atoms with Crippen molar-refractivity contribution in [1.82, 2.24) is 9.71 Å². The molecule has 2 aromatic rings. The number of nitrogens with two attached hydrogens (primary N) is 1. The highest BCUT2D eigenvalue weighted by molar-refractivity contribution is 7.89. The van der Waals surface area contributed by atoms with Gasteiger partial charge in [-0.15, -0.1) is 11.3 Å². The van der Waals surface area contributed by atoms with Gasteiger partial charge >= 0.3 is 0 Å². The van der Waals surface area contributed by atoms with E-state index in [-0.39, 0.29) is 22.8 Å². The van der Waals surface area contributed by atoms with Gasteiger partial charge in [0, 0.05) is 17.6 Å². The fraction of sp³-hybridized carbons (Fsp3) is 0.100. The molecule has 0 aliphatic heterocycles. The summed E-state index contributed by atoms with van der Waals surface area (Å²) in [5, 5.41) is 13.0. The fourth-order valence-corrected chi connectivity index (χ4v) is 3.12. The van der Waals surface area contributed by atoms with E-state index in [0.717, 1.165) is 18.2 Å². The van der Waals surface area contributed by atoms with Crippen molar-refractivity contribution in [2.24, 2.45) is 0 Å². The molecule has 0 saturated heterocycles. The topological polar surface area (TPSA) is 128 Å². The number of nitrogen functional groups attached to an aromatic ring is 1. The van der Waals surface area contributed by atoms with Crippen LogP contribution in [-0.4, -0.2) is 18.3 Å². The molecule has 1 aromatic heterocycles. The Morgan fingerprint density at radius 1 is 1.45 bits per heavy atom. The summed E-state index contributed by atoms with van der Waals surface area (Å²) in [6.07, 6.45) is 1.57. The number of aromatic nitrogens is 1. The summed E-state index contributed by atoms with van der Waals surface area (Å²) in [6.45, 7) is 0.0525. The summed E-state index contributed by atoms with van der Waals surface area (Å²) in [6, 6.07) is 3.26. The highest BCUT2D eigenvalue weighted by atomic mass is 32.2. The molecule has 0 spiro atoms. The number of rotatable bonds is 5. The van der Waals surface area contributed by atoms with Crippen molar-refractivity contribution in [3.05, 3.63) is 44.9 Å². The maximum absolute atomic E-state index is 12.0. The molecule has 0 atom stereocenters. The number of hydrogen-bond donors (Lipinski definition) is 2. The molecular formula is C10H10N4O4S2. The minimum absolute atomic E-state index is 0.0525. The third-order valence-electron chi connectivity index (χ3n) is 2.40. The van der Waals surface area contributed by atoms with E-state index in [1.54, 1.807) is 11.6 Å². The summed E-state index contributed by atoms with van der Waals surface area (Å²) >= 11 is 1.32. The lowest BCUT2D eigenvalue weighted by molar-refractivity contribution is -0.383.